The molecule has 0 aliphatic carbocycles. The first-order chi connectivity index (χ1) is 10.5. The Hall–Kier alpha value is -2.01. The standard InChI is InChI=1S/C16H18ClN3O2/c1-3-4-5-15-14(16(17)19-11(2)18-15)10-12-6-8-13(9-7-12)20(21)22/h6-9H,3-5,10H2,1-2H3. The summed E-state index contributed by atoms with van der Waals surface area (Å²) in [5.41, 5.74) is 2.92. The van der Waals surface area contributed by atoms with Crippen molar-refractivity contribution in [3.05, 3.63) is 62.2 Å². The van der Waals surface area contributed by atoms with E-state index in [0.29, 0.717) is 17.4 Å². The number of benzene rings is 1. The number of nitro groups is 1. The van der Waals surface area contributed by atoms with Crippen molar-refractivity contribution < 1.29 is 4.92 Å². The minimum Gasteiger partial charge on any atom is -0.258 e. The molecule has 22 heavy (non-hydrogen) atoms. The Bertz CT molecular complexity index is 672. The summed E-state index contributed by atoms with van der Waals surface area (Å²) < 4.78 is 0. The summed E-state index contributed by atoms with van der Waals surface area (Å²) >= 11 is 6.29. The molecule has 0 unspecified atom stereocenters. The van der Waals surface area contributed by atoms with Crippen LogP contribution in [0.2, 0.25) is 5.15 Å². The topological polar surface area (TPSA) is 68.9 Å². The number of halogens is 1. The van der Waals surface area contributed by atoms with Crippen molar-refractivity contribution in [2.45, 2.75) is 39.5 Å². The normalized spacial score (nSPS) is 10.7. The lowest BCUT2D eigenvalue weighted by molar-refractivity contribution is -0.384. The monoisotopic (exact) mass is 319 g/mol. The Morgan fingerprint density at radius 1 is 1.23 bits per heavy atom. The van der Waals surface area contributed by atoms with Crippen LogP contribution in [0.5, 0.6) is 0 Å². The first-order valence-corrected chi connectivity index (χ1v) is 7.64. The van der Waals surface area contributed by atoms with Gasteiger partial charge in [-0.15, -0.1) is 0 Å². The molecule has 0 saturated heterocycles. The third kappa shape index (κ3) is 4.01. The third-order valence-corrected chi connectivity index (χ3v) is 3.76. The van der Waals surface area contributed by atoms with Gasteiger partial charge in [0.25, 0.3) is 5.69 Å². The van der Waals surface area contributed by atoms with Gasteiger partial charge in [-0.1, -0.05) is 37.1 Å². The lowest BCUT2D eigenvalue weighted by atomic mass is 10.0. The van der Waals surface area contributed by atoms with Crippen LogP contribution in [-0.4, -0.2) is 14.9 Å². The number of hydrogen-bond acceptors (Lipinski definition) is 4. The number of aromatic nitrogens is 2. The lowest BCUT2D eigenvalue weighted by Gasteiger charge is -2.11. The highest BCUT2D eigenvalue weighted by Gasteiger charge is 2.13. The summed E-state index contributed by atoms with van der Waals surface area (Å²) in [6.45, 7) is 3.96. The molecule has 116 valence electrons. The molecule has 5 nitrogen and oxygen atoms in total. The Balaban J connectivity index is 2.29. The number of aryl methyl sites for hydroxylation is 2. The number of hydrogen-bond donors (Lipinski definition) is 0. The molecule has 1 aromatic heterocycles. The molecule has 0 aliphatic rings. The van der Waals surface area contributed by atoms with Crippen LogP contribution in [0.25, 0.3) is 0 Å². The molecular formula is C16H18ClN3O2. The zero-order chi connectivity index (χ0) is 16.1. The van der Waals surface area contributed by atoms with Crippen LogP contribution in [-0.2, 0) is 12.8 Å². The average molecular weight is 320 g/mol. The van der Waals surface area contributed by atoms with Crippen molar-refractivity contribution in [2.24, 2.45) is 0 Å². The molecule has 0 spiro atoms. The Morgan fingerprint density at radius 3 is 2.50 bits per heavy atom. The van der Waals surface area contributed by atoms with E-state index in [1.54, 1.807) is 12.1 Å². The van der Waals surface area contributed by atoms with Crippen LogP contribution < -0.4 is 0 Å². The highest BCUT2D eigenvalue weighted by Crippen LogP contribution is 2.23. The molecule has 0 aliphatic heterocycles. The molecule has 0 radical (unpaired) electrons. The number of nitrogens with zero attached hydrogens (tertiary/aromatic N) is 3. The number of rotatable bonds is 6. The molecule has 6 heteroatoms. The first-order valence-electron chi connectivity index (χ1n) is 7.26. The van der Waals surface area contributed by atoms with Crippen molar-refractivity contribution in [1.29, 1.82) is 0 Å². The summed E-state index contributed by atoms with van der Waals surface area (Å²) in [6, 6.07) is 6.50. The highest BCUT2D eigenvalue weighted by molar-refractivity contribution is 6.30. The SMILES string of the molecule is CCCCc1nc(C)nc(Cl)c1Cc1ccc([N+](=O)[O-])cc1. The average Bonchev–Trinajstić information content (AvgIpc) is 2.48. The van der Waals surface area contributed by atoms with Crippen molar-refractivity contribution >= 4 is 17.3 Å². The van der Waals surface area contributed by atoms with Crippen LogP contribution in [0, 0.1) is 17.0 Å². The van der Waals surface area contributed by atoms with E-state index >= 15 is 0 Å². The van der Waals surface area contributed by atoms with E-state index in [1.165, 1.54) is 12.1 Å². The summed E-state index contributed by atoms with van der Waals surface area (Å²) in [5.74, 6) is 0.670. The van der Waals surface area contributed by atoms with Gasteiger partial charge in [-0.05, 0) is 25.3 Å². The third-order valence-electron chi connectivity index (χ3n) is 3.45. The number of unbranched alkanes of at least 4 members (excludes halogenated alkanes) is 1. The Labute approximate surface area is 134 Å². The molecule has 2 aromatic rings. The van der Waals surface area contributed by atoms with Crippen LogP contribution in [0.3, 0.4) is 0 Å². The summed E-state index contributed by atoms with van der Waals surface area (Å²) in [7, 11) is 0. The van der Waals surface area contributed by atoms with Gasteiger partial charge in [-0.2, -0.15) is 0 Å². The predicted octanol–water partition coefficient (Wildman–Crippen LogP) is 4.28. The quantitative estimate of drug-likeness (QED) is 0.452. The minimum absolute atomic E-state index is 0.0845. The van der Waals surface area contributed by atoms with E-state index in [9.17, 15) is 10.1 Å². The molecule has 2 rings (SSSR count). The van der Waals surface area contributed by atoms with Gasteiger partial charge in [-0.3, -0.25) is 10.1 Å². The van der Waals surface area contributed by atoms with Gasteiger partial charge in [0.15, 0.2) is 0 Å². The van der Waals surface area contributed by atoms with Gasteiger partial charge in [-0.25, -0.2) is 9.97 Å². The second-order valence-electron chi connectivity index (χ2n) is 5.19. The van der Waals surface area contributed by atoms with Crippen molar-refractivity contribution in [3.8, 4) is 0 Å². The van der Waals surface area contributed by atoms with Crippen LogP contribution in [0.15, 0.2) is 24.3 Å². The van der Waals surface area contributed by atoms with Crippen molar-refractivity contribution in [1.82, 2.24) is 9.97 Å². The molecule has 1 heterocycles. The van der Waals surface area contributed by atoms with E-state index < -0.39 is 4.92 Å². The van der Waals surface area contributed by atoms with Crippen LogP contribution in [0.1, 0.15) is 42.4 Å². The predicted molar refractivity (Wildman–Crippen MR) is 86.3 cm³/mol. The van der Waals surface area contributed by atoms with Gasteiger partial charge in [0.05, 0.1) is 4.92 Å². The fraction of sp³-hybridized carbons (Fsp3) is 0.375. The van der Waals surface area contributed by atoms with E-state index in [4.69, 9.17) is 11.6 Å². The number of nitro benzene ring substituents is 1. The first kappa shape index (κ1) is 16.4. The van der Waals surface area contributed by atoms with Gasteiger partial charge < -0.3 is 0 Å². The van der Waals surface area contributed by atoms with E-state index in [0.717, 1.165) is 36.1 Å². The van der Waals surface area contributed by atoms with Crippen molar-refractivity contribution in [3.63, 3.8) is 0 Å². The van der Waals surface area contributed by atoms with Gasteiger partial charge in [0, 0.05) is 29.8 Å². The maximum absolute atomic E-state index is 10.7. The Kier molecular flexibility index (Phi) is 5.44. The zero-order valence-corrected chi connectivity index (χ0v) is 13.4. The van der Waals surface area contributed by atoms with E-state index in [-0.39, 0.29) is 5.69 Å². The van der Waals surface area contributed by atoms with Gasteiger partial charge in [0.1, 0.15) is 11.0 Å². The largest absolute Gasteiger partial charge is 0.269 e. The molecule has 0 fully saturated rings. The highest BCUT2D eigenvalue weighted by atomic mass is 35.5. The smallest absolute Gasteiger partial charge is 0.258 e. The van der Waals surface area contributed by atoms with Crippen molar-refractivity contribution in [2.75, 3.05) is 0 Å². The Morgan fingerprint density at radius 2 is 1.91 bits per heavy atom. The maximum atomic E-state index is 10.7. The molecule has 0 amide bonds. The zero-order valence-electron chi connectivity index (χ0n) is 12.7. The molecule has 0 bridgehead atoms. The number of non-ortho nitro benzene ring substituents is 1. The second kappa shape index (κ2) is 7.31. The van der Waals surface area contributed by atoms with E-state index in [2.05, 4.69) is 16.9 Å². The maximum Gasteiger partial charge on any atom is 0.269 e. The molecule has 0 saturated carbocycles. The molecule has 1 aromatic carbocycles. The molecule has 0 N–H and O–H groups in total. The van der Waals surface area contributed by atoms with E-state index in [1.807, 2.05) is 6.92 Å². The minimum atomic E-state index is -0.404. The summed E-state index contributed by atoms with van der Waals surface area (Å²) in [5, 5.41) is 11.2. The van der Waals surface area contributed by atoms with Crippen LogP contribution >= 0.6 is 11.6 Å². The second-order valence-corrected chi connectivity index (χ2v) is 5.55. The summed E-state index contributed by atoms with van der Waals surface area (Å²) in [6.07, 6.45) is 3.57. The van der Waals surface area contributed by atoms with Crippen LogP contribution in [0.4, 0.5) is 5.69 Å². The molecule has 0 atom stereocenters. The lowest BCUT2D eigenvalue weighted by Crippen LogP contribution is -2.05. The van der Waals surface area contributed by atoms with Gasteiger partial charge in [0.2, 0.25) is 0 Å². The van der Waals surface area contributed by atoms with Gasteiger partial charge >= 0.3 is 0 Å². The fourth-order valence-electron chi connectivity index (χ4n) is 2.28. The fourth-order valence-corrected chi connectivity index (χ4v) is 2.58. The molecular weight excluding hydrogens is 302 g/mol. The summed E-state index contributed by atoms with van der Waals surface area (Å²) in [4.78, 5) is 19.0.